The third kappa shape index (κ3) is 7.46. The van der Waals surface area contributed by atoms with Gasteiger partial charge in [-0.25, -0.2) is 0 Å². The van der Waals surface area contributed by atoms with E-state index in [-0.39, 0.29) is 26.4 Å². The summed E-state index contributed by atoms with van der Waals surface area (Å²) in [5.41, 5.74) is 2.90. The molecule has 0 aromatic heterocycles. The van der Waals surface area contributed by atoms with E-state index in [0.29, 0.717) is 0 Å². The number of benzene rings is 3. The van der Waals surface area contributed by atoms with Gasteiger partial charge in [0.15, 0.2) is 6.29 Å². The minimum atomic E-state index is -1.30. The van der Waals surface area contributed by atoms with Gasteiger partial charge < -0.3 is 28.8 Å². The molecule has 5 atom stereocenters. The van der Waals surface area contributed by atoms with Crippen LogP contribution < -0.4 is 0 Å². The van der Waals surface area contributed by atoms with E-state index in [1.807, 2.05) is 91.0 Å². The molecule has 1 saturated heterocycles. The second-order valence-corrected chi connectivity index (χ2v) is 8.65. The summed E-state index contributed by atoms with van der Waals surface area (Å²) in [7, 11) is 0. The monoisotopic (exact) mass is 492 g/mol. The van der Waals surface area contributed by atoms with Gasteiger partial charge in [-0.05, 0) is 16.7 Å². The Morgan fingerprint density at radius 3 is 1.56 bits per heavy atom. The van der Waals surface area contributed by atoms with Gasteiger partial charge in [-0.1, -0.05) is 91.0 Å². The zero-order chi connectivity index (χ0) is 25.2. The Bertz CT molecular complexity index is 1040. The molecule has 3 unspecified atom stereocenters. The number of carbonyl (C=O) groups excluding carboxylic acids is 1. The molecule has 1 aliphatic heterocycles. The summed E-state index contributed by atoms with van der Waals surface area (Å²) in [6.07, 6.45) is -4.24. The highest BCUT2D eigenvalue weighted by Crippen LogP contribution is 2.30. The molecule has 3 aromatic rings. The first-order valence-corrected chi connectivity index (χ1v) is 12.0. The van der Waals surface area contributed by atoms with Crippen molar-refractivity contribution in [2.75, 3.05) is 6.61 Å². The topological polar surface area (TPSA) is 83.5 Å². The van der Waals surface area contributed by atoms with Crippen molar-refractivity contribution in [2.24, 2.45) is 0 Å². The Morgan fingerprint density at radius 1 is 0.694 bits per heavy atom. The van der Waals surface area contributed by atoms with Crippen LogP contribution in [0.25, 0.3) is 0 Å². The van der Waals surface area contributed by atoms with Crippen LogP contribution in [-0.4, -0.2) is 48.4 Å². The van der Waals surface area contributed by atoms with Gasteiger partial charge in [0.1, 0.15) is 31.0 Å². The molecule has 1 aliphatic rings. The maximum atomic E-state index is 11.5. The van der Waals surface area contributed by atoms with Gasteiger partial charge >= 0.3 is 5.97 Å². The molecule has 7 heteroatoms. The standard InChI is InChI=1S/C29H32O7/c1-21(30)32-20-25-26(33-17-22-11-5-2-6-12-22)27(34-18-23-13-7-3-8-14-23)28(29(31)36-25)35-19-24-15-9-4-10-16-24/h2-16,25-29,31H,17-20H2,1H3/t25?,26-,27?,28?,29-/m1/s1. The van der Waals surface area contributed by atoms with Gasteiger partial charge in [-0.15, -0.1) is 0 Å². The molecular formula is C29H32O7. The summed E-state index contributed by atoms with van der Waals surface area (Å²) < 4.78 is 29.9. The van der Waals surface area contributed by atoms with E-state index in [0.717, 1.165) is 16.7 Å². The number of esters is 1. The predicted molar refractivity (Wildman–Crippen MR) is 133 cm³/mol. The fraction of sp³-hybridized carbons (Fsp3) is 0.345. The molecule has 4 rings (SSSR count). The number of aliphatic hydroxyl groups is 1. The van der Waals surface area contributed by atoms with Crippen LogP contribution in [0.4, 0.5) is 0 Å². The Balaban J connectivity index is 1.57. The fourth-order valence-corrected chi connectivity index (χ4v) is 4.10. The van der Waals surface area contributed by atoms with E-state index < -0.39 is 36.7 Å². The zero-order valence-corrected chi connectivity index (χ0v) is 20.3. The second-order valence-electron chi connectivity index (χ2n) is 8.65. The molecule has 0 bridgehead atoms. The Hall–Kier alpha value is -3.07. The molecule has 3 aromatic carbocycles. The number of rotatable bonds is 11. The van der Waals surface area contributed by atoms with Crippen LogP contribution in [0.15, 0.2) is 91.0 Å². The van der Waals surface area contributed by atoms with Gasteiger partial charge in [0, 0.05) is 6.92 Å². The van der Waals surface area contributed by atoms with E-state index in [2.05, 4.69) is 0 Å². The molecule has 190 valence electrons. The molecular weight excluding hydrogens is 460 g/mol. The number of carbonyl (C=O) groups is 1. The molecule has 0 amide bonds. The van der Waals surface area contributed by atoms with Crippen molar-refractivity contribution < 1.29 is 33.6 Å². The first-order valence-electron chi connectivity index (χ1n) is 12.0. The largest absolute Gasteiger partial charge is 0.463 e. The maximum absolute atomic E-state index is 11.5. The van der Waals surface area contributed by atoms with Crippen molar-refractivity contribution in [3.63, 3.8) is 0 Å². The molecule has 0 saturated carbocycles. The van der Waals surface area contributed by atoms with Crippen molar-refractivity contribution >= 4 is 5.97 Å². The molecule has 0 radical (unpaired) electrons. The zero-order valence-electron chi connectivity index (χ0n) is 20.3. The molecule has 0 spiro atoms. The molecule has 1 N–H and O–H groups in total. The third-order valence-electron chi connectivity index (χ3n) is 5.92. The summed E-state index contributed by atoms with van der Waals surface area (Å²) in [6, 6.07) is 29.2. The summed E-state index contributed by atoms with van der Waals surface area (Å²) in [5.74, 6) is -0.445. The van der Waals surface area contributed by atoms with E-state index in [4.69, 9.17) is 23.7 Å². The highest BCUT2D eigenvalue weighted by molar-refractivity contribution is 5.65. The third-order valence-corrected chi connectivity index (χ3v) is 5.92. The average molecular weight is 493 g/mol. The first-order chi connectivity index (χ1) is 17.6. The predicted octanol–water partition coefficient (Wildman–Crippen LogP) is 4.02. The van der Waals surface area contributed by atoms with E-state index in [9.17, 15) is 9.90 Å². The highest BCUT2D eigenvalue weighted by Gasteiger charge is 2.48. The Morgan fingerprint density at radius 2 is 1.11 bits per heavy atom. The highest BCUT2D eigenvalue weighted by atomic mass is 16.7. The molecule has 1 fully saturated rings. The Labute approximate surface area is 211 Å². The van der Waals surface area contributed by atoms with E-state index in [1.54, 1.807) is 0 Å². The number of hydrogen-bond acceptors (Lipinski definition) is 7. The lowest BCUT2D eigenvalue weighted by Gasteiger charge is -2.44. The average Bonchev–Trinajstić information content (AvgIpc) is 2.91. The summed E-state index contributed by atoms with van der Waals surface area (Å²) in [4.78, 5) is 11.5. The van der Waals surface area contributed by atoms with Crippen molar-refractivity contribution in [1.82, 2.24) is 0 Å². The van der Waals surface area contributed by atoms with Gasteiger partial charge in [-0.2, -0.15) is 0 Å². The van der Waals surface area contributed by atoms with Crippen LogP contribution >= 0.6 is 0 Å². The van der Waals surface area contributed by atoms with Crippen molar-refractivity contribution in [3.8, 4) is 0 Å². The first kappa shape index (κ1) is 26.0. The molecule has 7 nitrogen and oxygen atoms in total. The van der Waals surface area contributed by atoms with Crippen LogP contribution in [0, 0.1) is 0 Å². The number of aliphatic hydroxyl groups excluding tert-OH is 1. The SMILES string of the molecule is CC(=O)OCC1O[C@@H](O)C(OCc2ccccc2)C(OCc2ccccc2)[C@@H]1OCc1ccccc1. The van der Waals surface area contributed by atoms with Gasteiger partial charge in [0.05, 0.1) is 19.8 Å². The lowest BCUT2D eigenvalue weighted by molar-refractivity contribution is -0.315. The smallest absolute Gasteiger partial charge is 0.302 e. The van der Waals surface area contributed by atoms with Crippen LogP contribution in [0.5, 0.6) is 0 Å². The van der Waals surface area contributed by atoms with Crippen molar-refractivity contribution in [3.05, 3.63) is 108 Å². The molecule has 0 aliphatic carbocycles. The lowest BCUT2D eigenvalue weighted by atomic mass is 9.98. The minimum Gasteiger partial charge on any atom is -0.463 e. The van der Waals surface area contributed by atoms with Gasteiger partial charge in [0.25, 0.3) is 0 Å². The lowest BCUT2D eigenvalue weighted by Crippen LogP contribution is -2.61. The second kappa shape index (κ2) is 13.3. The van der Waals surface area contributed by atoms with Gasteiger partial charge in [0.2, 0.25) is 0 Å². The van der Waals surface area contributed by atoms with Crippen LogP contribution in [0.2, 0.25) is 0 Å². The minimum absolute atomic E-state index is 0.0809. The van der Waals surface area contributed by atoms with Crippen molar-refractivity contribution in [2.45, 2.75) is 57.5 Å². The summed E-state index contributed by atoms with van der Waals surface area (Å²) in [6.45, 7) is 2.08. The van der Waals surface area contributed by atoms with E-state index in [1.165, 1.54) is 6.92 Å². The summed E-state index contributed by atoms with van der Waals surface area (Å²) >= 11 is 0. The normalized spacial score (nSPS) is 23.8. The Kier molecular flexibility index (Phi) is 9.61. The van der Waals surface area contributed by atoms with Crippen LogP contribution in [0.1, 0.15) is 23.6 Å². The molecule has 1 heterocycles. The van der Waals surface area contributed by atoms with Crippen LogP contribution in [-0.2, 0) is 48.3 Å². The van der Waals surface area contributed by atoms with E-state index >= 15 is 0 Å². The van der Waals surface area contributed by atoms with Crippen LogP contribution in [0.3, 0.4) is 0 Å². The summed E-state index contributed by atoms with van der Waals surface area (Å²) in [5, 5.41) is 10.9. The number of ether oxygens (including phenoxy) is 5. The van der Waals surface area contributed by atoms with Gasteiger partial charge in [-0.3, -0.25) is 4.79 Å². The maximum Gasteiger partial charge on any atom is 0.302 e. The number of hydrogen-bond donors (Lipinski definition) is 1. The fourth-order valence-electron chi connectivity index (χ4n) is 4.10. The molecule has 36 heavy (non-hydrogen) atoms. The quantitative estimate of drug-likeness (QED) is 0.405. The van der Waals surface area contributed by atoms with Crippen molar-refractivity contribution in [1.29, 1.82) is 0 Å².